The van der Waals surface area contributed by atoms with Crippen molar-refractivity contribution in [3.05, 3.63) is 52.5 Å². The van der Waals surface area contributed by atoms with Crippen molar-refractivity contribution in [1.29, 1.82) is 0 Å². The number of hydrogen-bond donors (Lipinski definition) is 1. The highest BCUT2D eigenvalue weighted by atomic mass is 79.9. The number of para-hydroxylation sites is 1. The molecule has 0 amide bonds. The first-order chi connectivity index (χ1) is 9.41. The van der Waals surface area contributed by atoms with Gasteiger partial charge in [-0.2, -0.15) is 0 Å². The Hall–Kier alpha value is -1.37. The summed E-state index contributed by atoms with van der Waals surface area (Å²) in [6.45, 7) is 2.04. The number of benzene rings is 2. The Labute approximate surface area is 126 Å². The predicted octanol–water partition coefficient (Wildman–Crippen LogP) is 3.45. The van der Waals surface area contributed by atoms with Crippen molar-refractivity contribution in [3.63, 3.8) is 0 Å². The van der Waals surface area contributed by atoms with Gasteiger partial charge in [-0.1, -0.05) is 25.1 Å². The molecule has 0 aliphatic rings. The molecule has 0 unspecified atom stereocenters. The summed E-state index contributed by atoms with van der Waals surface area (Å²) in [6, 6.07) is 12.1. The van der Waals surface area contributed by atoms with Crippen LogP contribution in [0.5, 0.6) is 11.5 Å². The molecule has 0 heterocycles. The van der Waals surface area contributed by atoms with Crippen molar-refractivity contribution in [3.8, 4) is 11.5 Å². The lowest BCUT2D eigenvalue weighted by molar-refractivity contribution is 0.473. The lowest BCUT2D eigenvalue weighted by Crippen LogP contribution is -2.11. The Morgan fingerprint density at radius 3 is 2.45 bits per heavy atom. The minimum Gasteiger partial charge on any atom is -0.456 e. The van der Waals surface area contributed by atoms with Gasteiger partial charge in [0.05, 0.1) is 9.37 Å². The summed E-state index contributed by atoms with van der Waals surface area (Å²) in [5, 5.41) is 5.08. The van der Waals surface area contributed by atoms with Crippen LogP contribution in [-0.2, 0) is 16.4 Å². The zero-order chi connectivity index (χ0) is 14.8. The zero-order valence-electron chi connectivity index (χ0n) is 10.8. The van der Waals surface area contributed by atoms with Crippen LogP contribution in [0.3, 0.4) is 0 Å². The van der Waals surface area contributed by atoms with Gasteiger partial charge in [0, 0.05) is 0 Å². The van der Waals surface area contributed by atoms with Gasteiger partial charge in [-0.15, -0.1) is 0 Å². The van der Waals surface area contributed by atoms with Crippen LogP contribution in [0, 0.1) is 0 Å². The first-order valence-electron chi connectivity index (χ1n) is 6.00. The van der Waals surface area contributed by atoms with E-state index < -0.39 is 10.0 Å². The molecule has 2 aromatic rings. The minimum atomic E-state index is -3.71. The van der Waals surface area contributed by atoms with Gasteiger partial charge in [-0.3, -0.25) is 0 Å². The number of halogens is 1. The fraction of sp³-hybridized carbons (Fsp3) is 0.143. The van der Waals surface area contributed by atoms with Gasteiger partial charge in [-0.25, -0.2) is 13.6 Å². The molecule has 2 N–H and O–H groups in total. The zero-order valence-corrected chi connectivity index (χ0v) is 13.2. The van der Waals surface area contributed by atoms with Crippen molar-refractivity contribution in [1.82, 2.24) is 0 Å². The minimum absolute atomic E-state index is 0.0421. The van der Waals surface area contributed by atoms with Crippen LogP contribution in [0.25, 0.3) is 0 Å². The molecule has 6 heteroatoms. The van der Waals surface area contributed by atoms with Gasteiger partial charge in [0.25, 0.3) is 0 Å². The predicted molar refractivity (Wildman–Crippen MR) is 81.4 cm³/mol. The molecule has 0 aliphatic heterocycles. The Kier molecular flexibility index (Phi) is 4.47. The number of rotatable bonds is 4. The van der Waals surface area contributed by atoms with Crippen molar-refractivity contribution < 1.29 is 13.2 Å². The highest BCUT2D eigenvalue weighted by Crippen LogP contribution is 2.33. The van der Waals surface area contributed by atoms with Gasteiger partial charge in [0.15, 0.2) is 0 Å². The quantitative estimate of drug-likeness (QED) is 0.912. The first kappa shape index (κ1) is 15.0. The maximum absolute atomic E-state index is 11.3. The van der Waals surface area contributed by atoms with Crippen molar-refractivity contribution >= 4 is 26.0 Å². The molecule has 0 spiro atoms. The molecule has 0 aliphatic carbocycles. The molecule has 0 saturated carbocycles. The third-order valence-corrected chi connectivity index (χ3v) is 4.34. The van der Waals surface area contributed by atoms with E-state index in [1.54, 1.807) is 6.07 Å². The molecule has 106 valence electrons. The van der Waals surface area contributed by atoms with E-state index in [1.165, 1.54) is 12.1 Å². The van der Waals surface area contributed by atoms with Gasteiger partial charge >= 0.3 is 0 Å². The molecule has 4 nitrogen and oxygen atoms in total. The van der Waals surface area contributed by atoms with E-state index in [0.717, 1.165) is 17.7 Å². The summed E-state index contributed by atoms with van der Waals surface area (Å²) in [4.78, 5) is 0.0421. The lowest BCUT2D eigenvalue weighted by atomic mass is 10.1. The molecule has 0 atom stereocenters. The number of aryl methyl sites for hydroxylation is 1. The van der Waals surface area contributed by atoms with Gasteiger partial charge in [0.1, 0.15) is 11.5 Å². The molecule has 2 rings (SSSR count). The number of ether oxygens (including phenoxy) is 1. The maximum atomic E-state index is 11.3. The van der Waals surface area contributed by atoms with E-state index in [1.807, 2.05) is 31.2 Å². The smallest absolute Gasteiger partial charge is 0.238 e. The maximum Gasteiger partial charge on any atom is 0.238 e. The summed E-state index contributed by atoms with van der Waals surface area (Å²) < 4.78 is 28.9. The van der Waals surface area contributed by atoms with Crippen LogP contribution in [0.2, 0.25) is 0 Å². The SMILES string of the molecule is CCc1ccccc1Oc1ccc(S(N)(=O)=O)cc1Br. The summed E-state index contributed by atoms with van der Waals surface area (Å²) in [7, 11) is -3.71. The summed E-state index contributed by atoms with van der Waals surface area (Å²) in [5.74, 6) is 1.29. The fourth-order valence-electron chi connectivity index (χ4n) is 1.76. The van der Waals surface area contributed by atoms with E-state index in [4.69, 9.17) is 9.88 Å². The van der Waals surface area contributed by atoms with E-state index in [9.17, 15) is 8.42 Å². The Morgan fingerprint density at radius 1 is 1.15 bits per heavy atom. The first-order valence-corrected chi connectivity index (χ1v) is 8.34. The molecular weight excluding hydrogens is 342 g/mol. The van der Waals surface area contributed by atoms with E-state index >= 15 is 0 Å². The molecule has 2 aromatic carbocycles. The number of sulfonamides is 1. The van der Waals surface area contributed by atoms with Crippen molar-refractivity contribution in [2.45, 2.75) is 18.2 Å². The topological polar surface area (TPSA) is 69.4 Å². The van der Waals surface area contributed by atoms with Crippen LogP contribution in [0.4, 0.5) is 0 Å². The average molecular weight is 356 g/mol. The largest absolute Gasteiger partial charge is 0.456 e. The molecular formula is C14H14BrNO3S. The van der Waals surface area contributed by atoms with E-state index in [0.29, 0.717) is 10.2 Å². The molecule has 0 bridgehead atoms. The molecule has 0 radical (unpaired) electrons. The van der Waals surface area contributed by atoms with Crippen LogP contribution in [0.1, 0.15) is 12.5 Å². The third kappa shape index (κ3) is 3.39. The third-order valence-electron chi connectivity index (χ3n) is 2.81. The fourth-order valence-corrected chi connectivity index (χ4v) is 2.91. The number of primary sulfonamides is 1. The second-order valence-corrected chi connectivity index (χ2v) is 6.62. The second kappa shape index (κ2) is 5.95. The molecule has 0 saturated heterocycles. The molecule has 0 fully saturated rings. The van der Waals surface area contributed by atoms with Crippen LogP contribution < -0.4 is 9.88 Å². The Bertz CT molecular complexity index is 729. The van der Waals surface area contributed by atoms with Crippen molar-refractivity contribution in [2.24, 2.45) is 5.14 Å². The highest BCUT2D eigenvalue weighted by molar-refractivity contribution is 9.10. The number of hydrogen-bond acceptors (Lipinski definition) is 3. The van der Waals surface area contributed by atoms with E-state index in [-0.39, 0.29) is 4.90 Å². The Balaban J connectivity index is 2.35. The van der Waals surface area contributed by atoms with Crippen LogP contribution in [0.15, 0.2) is 51.8 Å². The normalized spacial score (nSPS) is 11.3. The second-order valence-electron chi connectivity index (χ2n) is 4.20. The summed E-state index contributed by atoms with van der Waals surface area (Å²) in [6.07, 6.45) is 0.850. The average Bonchev–Trinajstić information content (AvgIpc) is 2.40. The standard InChI is InChI=1S/C14H14BrNO3S/c1-2-10-5-3-4-6-13(10)19-14-8-7-11(9-12(14)15)20(16,17)18/h3-9H,2H2,1H3,(H2,16,17,18). The van der Waals surface area contributed by atoms with Gasteiger partial charge in [0.2, 0.25) is 10.0 Å². The monoisotopic (exact) mass is 355 g/mol. The van der Waals surface area contributed by atoms with Gasteiger partial charge < -0.3 is 4.74 Å². The highest BCUT2D eigenvalue weighted by Gasteiger charge is 2.12. The van der Waals surface area contributed by atoms with Gasteiger partial charge in [-0.05, 0) is 52.2 Å². The van der Waals surface area contributed by atoms with Crippen LogP contribution >= 0.6 is 15.9 Å². The number of nitrogens with two attached hydrogens (primary N) is 1. The molecule has 20 heavy (non-hydrogen) atoms. The molecule has 0 aromatic heterocycles. The van der Waals surface area contributed by atoms with Crippen LogP contribution in [-0.4, -0.2) is 8.42 Å². The van der Waals surface area contributed by atoms with Crippen molar-refractivity contribution in [2.75, 3.05) is 0 Å². The lowest BCUT2D eigenvalue weighted by Gasteiger charge is -2.11. The Morgan fingerprint density at radius 2 is 1.85 bits per heavy atom. The summed E-state index contributed by atoms with van der Waals surface area (Å²) >= 11 is 3.30. The summed E-state index contributed by atoms with van der Waals surface area (Å²) in [5.41, 5.74) is 1.08. The van der Waals surface area contributed by atoms with E-state index in [2.05, 4.69) is 15.9 Å².